The van der Waals surface area contributed by atoms with Crippen LogP contribution < -0.4 is 0 Å². The fraction of sp³-hybridized carbons (Fsp3) is 0.778. The summed E-state index contributed by atoms with van der Waals surface area (Å²) < 4.78 is 0. The number of hydrogen-bond donors (Lipinski definition) is 0. The van der Waals surface area contributed by atoms with Crippen molar-refractivity contribution in [2.45, 2.75) is 47.5 Å². The van der Waals surface area contributed by atoms with E-state index < -0.39 is 0 Å². The Morgan fingerprint density at radius 1 is 1.11 bits per heavy atom. The van der Waals surface area contributed by atoms with Gasteiger partial charge in [-0.3, -0.25) is 0 Å². The van der Waals surface area contributed by atoms with Crippen LogP contribution in [0.25, 0.3) is 0 Å². The molecule has 0 aromatic carbocycles. The second kappa shape index (κ2) is 46.8. The van der Waals surface area contributed by atoms with Gasteiger partial charge in [0.15, 0.2) is 0 Å². The molecule has 0 atom stereocenters. The standard InChI is InChI=1S/C5H10.2C2H6/c1-3-5-4-2;2*1-2/h3H,1,4-5H2,2H3;2*1-2H3. The van der Waals surface area contributed by atoms with Crippen LogP contribution in [0, 0.1) is 0 Å². The van der Waals surface area contributed by atoms with Gasteiger partial charge < -0.3 is 0 Å². The highest BCUT2D eigenvalue weighted by Gasteiger charge is 1.61. The molecule has 0 N–H and O–H groups in total. The molecule has 0 aromatic rings. The lowest BCUT2D eigenvalue weighted by atomic mass is 10.3. The minimum atomic E-state index is 1.15. The minimum absolute atomic E-state index is 1.15. The Bertz CT molecular complexity index is 21.2. The molecule has 9 heavy (non-hydrogen) atoms. The molecule has 0 heteroatoms. The average molecular weight is 130 g/mol. The van der Waals surface area contributed by atoms with E-state index in [1.54, 1.807) is 0 Å². The highest BCUT2D eigenvalue weighted by atomic mass is 13.7. The van der Waals surface area contributed by atoms with Crippen molar-refractivity contribution in [3.8, 4) is 0 Å². The van der Waals surface area contributed by atoms with Gasteiger partial charge in [-0.05, 0) is 6.42 Å². The molecule has 0 aliphatic heterocycles. The molecule has 0 spiro atoms. The Balaban J connectivity index is -0.0000000771. The molecule has 0 aromatic heterocycles. The van der Waals surface area contributed by atoms with Crippen molar-refractivity contribution in [3.63, 3.8) is 0 Å². The van der Waals surface area contributed by atoms with Gasteiger partial charge in [-0.2, -0.15) is 0 Å². The first-order chi connectivity index (χ1) is 4.41. The van der Waals surface area contributed by atoms with Crippen LogP contribution in [0.2, 0.25) is 0 Å². The zero-order valence-corrected chi connectivity index (χ0v) is 7.70. The molecule has 0 bridgehead atoms. The highest BCUT2D eigenvalue weighted by molar-refractivity contribution is 4.63. The summed E-state index contributed by atoms with van der Waals surface area (Å²) in [5.74, 6) is 0. The van der Waals surface area contributed by atoms with E-state index in [4.69, 9.17) is 0 Å². The van der Waals surface area contributed by atoms with E-state index in [2.05, 4.69) is 13.5 Å². The van der Waals surface area contributed by atoms with Crippen LogP contribution in [0.1, 0.15) is 47.5 Å². The molecule has 0 nitrogen and oxygen atoms in total. The first-order valence-corrected chi connectivity index (χ1v) is 4.02. The minimum Gasteiger partial charge on any atom is -0.103 e. The largest absolute Gasteiger partial charge is 0.103 e. The molecule has 0 heterocycles. The van der Waals surface area contributed by atoms with Gasteiger partial charge >= 0.3 is 0 Å². The van der Waals surface area contributed by atoms with Crippen molar-refractivity contribution < 1.29 is 0 Å². The molecule has 0 amide bonds. The van der Waals surface area contributed by atoms with Crippen molar-refractivity contribution in [2.24, 2.45) is 0 Å². The van der Waals surface area contributed by atoms with Crippen LogP contribution in [0.5, 0.6) is 0 Å². The van der Waals surface area contributed by atoms with E-state index in [1.807, 2.05) is 33.8 Å². The lowest BCUT2D eigenvalue weighted by Gasteiger charge is -1.72. The van der Waals surface area contributed by atoms with Crippen molar-refractivity contribution in [2.75, 3.05) is 0 Å². The smallest absolute Gasteiger partial charge is 0.0356 e. The van der Waals surface area contributed by atoms with E-state index >= 15 is 0 Å². The summed E-state index contributed by atoms with van der Waals surface area (Å²) >= 11 is 0. The Kier molecular flexibility index (Phi) is 82.7. The topological polar surface area (TPSA) is 0 Å². The molecule has 0 saturated heterocycles. The second-order valence-electron chi connectivity index (χ2n) is 1.08. The summed E-state index contributed by atoms with van der Waals surface area (Å²) in [6.45, 7) is 13.7. The average Bonchev–Trinajstić information content (AvgIpc) is 1.98. The molecule has 0 saturated carbocycles. The second-order valence-corrected chi connectivity index (χ2v) is 1.08. The van der Waals surface area contributed by atoms with Crippen LogP contribution in [0.4, 0.5) is 0 Å². The summed E-state index contributed by atoms with van der Waals surface area (Å²) in [6, 6.07) is 0. The number of allylic oxidation sites excluding steroid dienone is 1. The predicted octanol–water partition coefficient (Wildman–Crippen LogP) is 4.02. The van der Waals surface area contributed by atoms with Crippen molar-refractivity contribution in [3.05, 3.63) is 12.7 Å². The van der Waals surface area contributed by atoms with Gasteiger partial charge in [0.2, 0.25) is 0 Å². The van der Waals surface area contributed by atoms with E-state index in [-0.39, 0.29) is 0 Å². The summed E-state index contributed by atoms with van der Waals surface area (Å²) in [5, 5.41) is 0. The molecular formula is C9H22. The van der Waals surface area contributed by atoms with Gasteiger partial charge in [0.1, 0.15) is 0 Å². The molecule has 0 fully saturated rings. The molecule has 0 aliphatic carbocycles. The Hall–Kier alpha value is -0.260. The van der Waals surface area contributed by atoms with Gasteiger partial charge in [0.25, 0.3) is 0 Å². The molecule has 0 rings (SSSR count). The molecule has 0 unspecified atom stereocenters. The van der Waals surface area contributed by atoms with Gasteiger partial charge in [0, 0.05) is 0 Å². The Morgan fingerprint density at radius 2 is 1.44 bits per heavy atom. The van der Waals surface area contributed by atoms with E-state index in [0.29, 0.717) is 0 Å². The maximum absolute atomic E-state index is 3.55. The third kappa shape index (κ3) is 84.2. The zero-order chi connectivity index (χ0) is 8.12. The predicted molar refractivity (Wildman–Crippen MR) is 47.8 cm³/mol. The monoisotopic (exact) mass is 130 g/mol. The van der Waals surface area contributed by atoms with Crippen LogP contribution in [-0.2, 0) is 0 Å². The number of rotatable bonds is 2. The lowest BCUT2D eigenvalue weighted by molar-refractivity contribution is 0.961. The quantitative estimate of drug-likeness (QED) is 0.495. The summed E-state index contributed by atoms with van der Waals surface area (Å²) in [4.78, 5) is 0. The van der Waals surface area contributed by atoms with Gasteiger partial charge in [-0.25, -0.2) is 0 Å². The van der Waals surface area contributed by atoms with Crippen molar-refractivity contribution in [1.82, 2.24) is 0 Å². The number of unbranched alkanes of at least 4 members (excludes halogenated alkanes) is 1. The van der Waals surface area contributed by atoms with Gasteiger partial charge in [-0.15, -0.1) is 6.58 Å². The van der Waals surface area contributed by atoms with Gasteiger partial charge in [0.05, 0.1) is 0 Å². The SMILES string of the molecule is C=CCCC.CC.CC. The Morgan fingerprint density at radius 3 is 1.44 bits per heavy atom. The first-order valence-electron chi connectivity index (χ1n) is 4.02. The van der Waals surface area contributed by atoms with Crippen LogP contribution in [-0.4, -0.2) is 0 Å². The third-order valence-electron chi connectivity index (χ3n) is 0.493. The van der Waals surface area contributed by atoms with Crippen LogP contribution >= 0.6 is 0 Å². The molecular weight excluding hydrogens is 108 g/mol. The van der Waals surface area contributed by atoms with E-state index in [1.165, 1.54) is 6.42 Å². The lowest BCUT2D eigenvalue weighted by Crippen LogP contribution is -1.52. The normalized spacial score (nSPS) is 5.44. The highest BCUT2D eigenvalue weighted by Crippen LogP contribution is 1.82. The zero-order valence-electron chi connectivity index (χ0n) is 7.70. The van der Waals surface area contributed by atoms with Crippen molar-refractivity contribution >= 4 is 0 Å². The Labute approximate surface area is 61.0 Å². The fourth-order valence-corrected chi connectivity index (χ4v) is 0.204. The van der Waals surface area contributed by atoms with Gasteiger partial charge in [-0.1, -0.05) is 47.1 Å². The maximum Gasteiger partial charge on any atom is -0.0356 e. The first kappa shape index (κ1) is 15.9. The van der Waals surface area contributed by atoms with E-state index in [0.717, 1.165) is 6.42 Å². The maximum atomic E-state index is 3.55. The van der Waals surface area contributed by atoms with Crippen LogP contribution in [0.3, 0.4) is 0 Å². The summed E-state index contributed by atoms with van der Waals surface area (Å²) in [5.41, 5.74) is 0. The fourth-order valence-electron chi connectivity index (χ4n) is 0.204. The molecule has 58 valence electrons. The molecule has 0 radical (unpaired) electrons. The van der Waals surface area contributed by atoms with Crippen LogP contribution in [0.15, 0.2) is 12.7 Å². The number of hydrogen-bond acceptors (Lipinski definition) is 0. The molecule has 0 aliphatic rings. The third-order valence-corrected chi connectivity index (χ3v) is 0.493. The van der Waals surface area contributed by atoms with E-state index in [9.17, 15) is 0 Å². The summed E-state index contributed by atoms with van der Waals surface area (Å²) in [6.07, 6.45) is 4.31. The summed E-state index contributed by atoms with van der Waals surface area (Å²) in [7, 11) is 0. The van der Waals surface area contributed by atoms with Crippen molar-refractivity contribution in [1.29, 1.82) is 0 Å².